The van der Waals surface area contributed by atoms with E-state index in [4.69, 9.17) is 8.83 Å². The number of amides is 1. The van der Waals surface area contributed by atoms with Gasteiger partial charge in [0.25, 0.3) is 0 Å². The van der Waals surface area contributed by atoms with E-state index >= 15 is 0 Å². The van der Waals surface area contributed by atoms with Crippen LogP contribution < -0.4 is 5.43 Å². The van der Waals surface area contributed by atoms with Gasteiger partial charge in [-0.25, -0.2) is 4.99 Å². The monoisotopic (exact) mass is 370 g/mol. The van der Waals surface area contributed by atoms with Gasteiger partial charge in [-0.3, -0.25) is 14.5 Å². The maximum atomic E-state index is 12.4. The molecule has 5 rings (SSSR count). The number of aromatic hydroxyl groups is 1. The van der Waals surface area contributed by atoms with E-state index in [1.54, 1.807) is 17.9 Å². The number of benzene rings is 1. The van der Waals surface area contributed by atoms with Gasteiger partial charge in [0.2, 0.25) is 5.91 Å². The van der Waals surface area contributed by atoms with E-state index in [0.717, 1.165) is 12.8 Å². The second-order valence-electron chi connectivity index (χ2n) is 6.46. The second-order valence-corrected chi connectivity index (χ2v) is 7.41. The Morgan fingerprint density at radius 3 is 2.88 bits per heavy atom. The lowest BCUT2D eigenvalue weighted by molar-refractivity contribution is -0.124. The minimum absolute atomic E-state index is 0.0349. The molecule has 2 fully saturated rings. The van der Waals surface area contributed by atoms with Gasteiger partial charge >= 0.3 is 0 Å². The number of carbonyl (C=O) groups is 1. The van der Waals surface area contributed by atoms with Crippen molar-refractivity contribution in [3.8, 4) is 5.75 Å². The van der Waals surface area contributed by atoms with E-state index in [-0.39, 0.29) is 34.1 Å². The Hall–Kier alpha value is -2.74. The Morgan fingerprint density at radius 2 is 2.12 bits per heavy atom. The van der Waals surface area contributed by atoms with E-state index < -0.39 is 0 Å². The molecule has 0 atom stereocenters. The van der Waals surface area contributed by atoms with Gasteiger partial charge in [0.15, 0.2) is 27.4 Å². The Balaban J connectivity index is 1.85. The highest BCUT2D eigenvalue weighted by molar-refractivity contribution is 8.15. The van der Waals surface area contributed by atoms with Crippen LogP contribution in [0.5, 0.6) is 5.75 Å². The first kappa shape index (κ1) is 15.5. The van der Waals surface area contributed by atoms with Crippen molar-refractivity contribution in [1.82, 2.24) is 4.90 Å². The molecule has 2 aliphatic rings. The number of aryl methyl sites for hydroxylation is 1. The van der Waals surface area contributed by atoms with E-state index in [2.05, 4.69) is 4.99 Å². The van der Waals surface area contributed by atoms with Gasteiger partial charge in [-0.1, -0.05) is 11.8 Å². The van der Waals surface area contributed by atoms with Crippen LogP contribution in [0.1, 0.15) is 18.6 Å². The fourth-order valence-electron chi connectivity index (χ4n) is 3.27. The molecule has 1 aromatic carbocycles. The van der Waals surface area contributed by atoms with Crippen LogP contribution in [0.2, 0.25) is 0 Å². The highest BCUT2D eigenvalue weighted by atomic mass is 32.2. The molecule has 1 aliphatic carbocycles. The fourth-order valence-corrected chi connectivity index (χ4v) is 4.20. The number of thioether (sulfide) groups is 1. The number of rotatable bonds is 2. The quantitative estimate of drug-likeness (QED) is 0.744. The van der Waals surface area contributed by atoms with E-state index in [9.17, 15) is 14.7 Å². The first-order chi connectivity index (χ1) is 12.5. The molecule has 26 heavy (non-hydrogen) atoms. The number of fused-ring (bicyclic) bond motifs is 2. The summed E-state index contributed by atoms with van der Waals surface area (Å²) >= 11 is 1.36. The normalized spacial score (nSPS) is 19.3. The van der Waals surface area contributed by atoms with Crippen LogP contribution in [0, 0.1) is 6.92 Å². The maximum absolute atomic E-state index is 12.4. The number of phenols is 1. The number of nitrogens with zero attached hydrogens (tertiary/aromatic N) is 2. The predicted molar refractivity (Wildman–Crippen MR) is 98.1 cm³/mol. The molecule has 0 spiro atoms. The Kier molecular flexibility index (Phi) is 3.21. The third-order valence-corrected chi connectivity index (χ3v) is 5.51. The van der Waals surface area contributed by atoms with Crippen molar-refractivity contribution in [2.75, 3.05) is 5.75 Å². The molecule has 1 N–H and O–H groups in total. The summed E-state index contributed by atoms with van der Waals surface area (Å²) in [5.41, 5.74) is 0.464. The molecule has 8 heteroatoms. The Bertz CT molecular complexity index is 1170. The standard InChI is InChI=1S/C18H14N2O5S/c1-8-6-11(21)13-15(23)10-4-5-24-16(10)14(17(13)25-8)19-18-20(9-2-3-9)12(22)7-26-18/h4-6,9,23H,2-3,7H2,1H3. The molecule has 3 aromatic rings. The molecule has 1 amide bonds. The first-order valence-corrected chi connectivity index (χ1v) is 9.23. The van der Waals surface area contributed by atoms with Crippen LogP contribution in [-0.4, -0.2) is 32.9 Å². The van der Waals surface area contributed by atoms with Gasteiger partial charge in [-0.2, -0.15) is 0 Å². The molecule has 3 heterocycles. The summed E-state index contributed by atoms with van der Waals surface area (Å²) in [4.78, 5) is 31.0. The van der Waals surface area contributed by atoms with Crippen LogP contribution in [0.25, 0.3) is 21.9 Å². The van der Waals surface area contributed by atoms with Crippen molar-refractivity contribution in [2.45, 2.75) is 25.8 Å². The highest BCUT2D eigenvalue weighted by Gasteiger charge is 2.40. The molecule has 1 saturated carbocycles. The number of amidine groups is 1. The molecule has 0 bridgehead atoms. The largest absolute Gasteiger partial charge is 0.506 e. The van der Waals surface area contributed by atoms with Crippen LogP contribution in [0.4, 0.5) is 5.69 Å². The van der Waals surface area contributed by atoms with E-state index in [0.29, 0.717) is 33.3 Å². The average molecular weight is 370 g/mol. The number of hydrogen-bond acceptors (Lipinski definition) is 7. The smallest absolute Gasteiger partial charge is 0.239 e. The summed E-state index contributed by atoms with van der Waals surface area (Å²) in [6.07, 6.45) is 3.36. The van der Waals surface area contributed by atoms with Crippen molar-refractivity contribution < 1.29 is 18.7 Å². The zero-order valence-electron chi connectivity index (χ0n) is 13.8. The summed E-state index contributed by atoms with van der Waals surface area (Å²) in [5.74, 6) is 0.599. The highest BCUT2D eigenvalue weighted by Crippen LogP contribution is 2.43. The molecular formula is C18H14N2O5S. The fraction of sp³-hybridized carbons (Fsp3) is 0.278. The zero-order valence-corrected chi connectivity index (χ0v) is 14.6. The lowest BCUT2D eigenvalue weighted by Crippen LogP contribution is -2.31. The number of furan rings is 1. The first-order valence-electron chi connectivity index (χ1n) is 8.24. The van der Waals surface area contributed by atoms with Crippen molar-refractivity contribution in [3.05, 3.63) is 34.4 Å². The summed E-state index contributed by atoms with van der Waals surface area (Å²) in [6, 6.07) is 3.11. The molecule has 2 aromatic heterocycles. The minimum Gasteiger partial charge on any atom is -0.506 e. The number of phenolic OH excluding ortho intramolecular Hbond substituents is 1. The van der Waals surface area contributed by atoms with Gasteiger partial charge < -0.3 is 13.9 Å². The summed E-state index contributed by atoms with van der Waals surface area (Å²) in [7, 11) is 0. The molecular weight excluding hydrogens is 356 g/mol. The molecule has 1 aliphatic heterocycles. The molecule has 7 nitrogen and oxygen atoms in total. The minimum atomic E-state index is -0.347. The van der Waals surface area contributed by atoms with Crippen molar-refractivity contribution in [1.29, 1.82) is 0 Å². The zero-order chi connectivity index (χ0) is 18.0. The van der Waals surface area contributed by atoms with Gasteiger partial charge in [0.05, 0.1) is 17.4 Å². The van der Waals surface area contributed by atoms with Gasteiger partial charge in [-0.05, 0) is 25.8 Å². The van der Waals surface area contributed by atoms with E-state index in [1.807, 2.05) is 0 Å². The lowest BCUT2D eigenvalue weighted by atomic mass is 10.1. The third kappa shape index (κ3) is 2.18. The average Bonchev–Trinajstić information content (AvgIpc) is 3.17. The summed E-state index contributed by atoms with van der Waals surface area (Å²) in [5, 5.41) is 11.5. The Labute approximate surface area is 151 Å². The molecule has 1 saturated heterocycles. The second kappa shape index (κ2) is 5.38. The molecule has 132 valence electrons. The third-order valence-electron chi connectivity index (χ3n) is 4.58. The van der Waals surface area contributed by atoms with Crippen molar-refractivity contribution in [3.63, 3.8) is 0 Å². The summed E-state index contributed by atoms with van der Waals surface area (Å²) in [6.45, 7) is 1.66. The number of carbonyl (C=O) groups excluding carboxylic acids is 1. The van der Waals surface area contributed by atoms with Crippen LogP contribution >= 0.6 is 11.8 Å². The van der Waals surface area contributed by atoms with Crippen LogP contribution in [0.3, 0.4) is 0 Å². The van der Waals surface area contributed by atoms with Gasteiger partial charge in [0.1, 0.15) is 16.9 Å². The number of hydrogen-bond donors (Lipinski definition) is 1. The topological polar surface area (TPSA) is 96.2 Å². The molecule has 0 unspecified atom stereocenters. The van der Waals surface area contributed by atoms with Crippen LogP contribution in [0.15, 0.2) is 37.0 Å². The number of aliphatic imine (C=N–C) groups is 1. The summed E-state index contributed by atoms with van der Waals surface area (Å²) < 4.78 is 11.3. The predicted octanol–water partition coefficient (Wildman–Crippen LogP) is 3.28. The lowest BCUT2D eigenvalue weighted by Gasteiger charge is -2.15. The van der Waals surface area contributed by atoms with Crippen molar-refractivity contribution >= 4 is 50.5 Å². The van der Waals surface area contributed by atoms with Crippen molar-refractivity contribution in [2.24, 2.45) is 4.99 Å². The molecule has 0 radical (unpaired) electrons. The Morgan fingerprint density at radius 1 is 1.31 bits per heavy atom. The van der Waals surface area contributed by atoms with Crippen LogP contribution in [-0.2, 0) is 4.79 Å². The SMILES string of the molecule is Cc1cc(=O)c2c(O)c3ccoc3c(N=C3SCC(=O)N3C3CC3)c2o1. The van der Waals surface area contributed by atoms with E-state index in [1.165, 1.54) is 24.1 Å². The van der Waals surface area contributed by atoms with Gasteiger partial charge in [-0.15, -0.1) is 0 Å². The van der Waals surface area contributed by atoms with Gasteiger partial charge in [0, 0.05) is 12.1 Å². The maximum Gasteiger partial charge on any atom is 0.239 e.